The molecule has 0 fully saturated rings. The van der Waals surface area contributed by atoms with Crippen molar-refractivity contribution in [2.45, 2.75) is 66.3 Å². The molecule has 1 aromatic carbocycles. The van der Waals surface area contributed by atoms with E-state index in [2.05, 4.69) is 51.3 Å². The number of carbonyl (C=O) groups is 2. The van der Waals surface area contributed by atoms with Gasteiger partial charge >= 0.3 is 0 Å². The number of carbonyl (C=O) groups excluding carboxylic acids is 2. The molecular formula is C28H40N2O3S. The molecule has 6 heteroatoms. The minimum atomic E-state index is -0.146. The largest absolute Gasteiger partial charge is 0.491 e. The van der Waals surface area contributed by atoms with Crippen molar-refractivity contribution in [3.05, 3.63) is 51.7 Å². The maximum absolute atomic E-state index is 13.6. The third-order valence-electron chi connectivity index (χ3n) is 6.73. The number of hydrogen-bond acceptors (Lipinski definition) is 4. The molecule has 3 rings (SSSR count). The van der Waals surface area contributed by atoms with E-state index >= 15 is 0 Å². The quantitative estimate of drug-likeness (QED) is 0.421. The minimum Gasteiger partial charge on any atom is -0.491 e. The standard InChI is InChI=1S/C28H40N2O3S/c1-7-21(6)16-29(28(32)20(4)5)17-27(31)30-14-12-26-24(13-15-34-26)25(30)18-33-23-10-8-22(9-11-23)19(2)3/h8-11,13,15,19-21,25H,7,12,14,16-18H2,1-6H3/t21-,25+/m1/s1. The normalized spacial score (nSPS) is 16.5. The minimum absolute atomic E-state index is 0.00194. The summed E-state index contributed by atoms with van der Waals surface area (Å²) in [6, 6.07) is 10.2. The van der Waals surface area contributed by atoms with E-state index < -0.39 is 0 Å². The molecular weight excluding hydrogens is 444 g/mol. The first-order valence-electron chi connectivity index (χ1n) is 12.6. The first-order valence-corrected chi connectivity index (χ1v) is 13.5. The van der Waals surface area contributed by atoms with Crippen molar-refractivity contribution in [3.63, 3.8) is 0 Å². The van der Waals surface area contributed by atoms with Gasteiger partial charge in [-0.3, -0.25) is 9.59 Å². The molecule has 0 radical (unpaired) electrons. The lowest BCUT2D eigenvalue weighted by Gasteiger charge is -2.37. The van der Waals surface area contributed by atoms with Crippen molar-refractivity contribution in [1.29, 1.82) is 0 Å². The molecule has 2 aromatic rings. The van der Waals surface area contributed by atoms with Gasteiger partial charge in [0, 0.05) is 23.9 Å². The molecule has 0 saturated carbocycles. The molecule has 5 nitrogen and oxygen atoms in total. The number of hydrogen-bond donors (Lipinski definition) is 0. The summed E-state index contributed by atoms with van der Waals surface area (Å²) in [5.41, 5.74) is 2.45. The number of nitrogens with zero attached hydrogens (tertiary/aromatic N) is 2. The SMILES string of the molecule is CC[C@@H](C)CN(CC(=O)N1CCc2sccc2[C@@H]1COc1ccc(C(C)C)cc1)C(=O)C(C)C. The van der Waals surface area contributed by atoms with Gasteiger partial charge in [-0.1, -0.05) is 60.1 Å². The fourth-order valence-electron chi connectivity index (χ4n) is 4.36. The second-order valence-electron chi connectivity index (χ2n) is 10.1. The number of fused-ring (bicyclic) bond motifs is 1. The maximum atomic E-state index is 13.6. The van der Waals surface area contributed by atoms with Crippen LogP contribution < -0.4 is 4.74 Å². The van der Waals surface area contributed by atoms with E-state index in [1.165, 1.54) is 16.0 Å². The first-order chi connectivity index (χ1) is 16.2. The molecule has 34 heavy (non-hydrogen) atoms. The molecule has 0 unspecified atom stereocenters. The zero-order valence-corrected chi connectivity index (χ0v) is 22.4. The molecule has 186 valence electrons. The Balaban J connectivity index is 1.76. The van der Waals surface area contributed by atoms with Crippen LogP contribution in [-0.2, 0) is 16.0 Å². The molecule has 2 heterocycles. The van der Waals surface area contributed by atoms with Crippen molar-refractivity contribution in [2.24, 2.45) is 11.8 Å². The van der Waals surface area contributed by atoms with Crippen molar-refractivity contribution in [3.8, 4) is 5.75 Å². The predicted molar refractivity (Wildman–Crippen MR) is 139 cm³/mol. The van der Waals surface area contributed by atoms with Gasteiger partial charge in [0.2, 0.25) is 11.8 Å². The molecule has 0 saturated heterocycles. The summed E-state index contributed by atoms with van der Waals surface area (Å²) in [7, 11) is 0. The van der Waals surface area contributed by atoms with Crippen LogP contribution in [0.1, 0.15) is 75.9 Å². The highest BCUT2D eigenvalue weighted by atomic mass is 32.1. The summed E-state index contributed by atoms with van der Waals surface area (Å²) in [4.78, 5) is 31.4. The van der Waals surface area contributed by atoms with Gasteiger partial charge in [0.05, 0.1) is 12.6 Å². The molecule has 0 spiro atoms. The third-order valence-corrected chi connectivity index (χ3v) is 7.73. The lowest BCUT2D eigenvalue weighted by Crippen LogP contribution is -2.49. The van der Waals surface area contributed by atoms with Crippen LogP contribution in [0.2, 0.25) is 0 Å². The van der Waals surface area contributed by atoms with E-state index in [9.17, 15) is 9.59 Å². The Kier molecular flexibility index (Phi) is 9.17. The lowest BCUT2D eigenvalue weighted by molar-refractivity contribution is -0.144. The third kappa shape index (κ3) is 6.41. The first kappa shape index (κ1) is 26.3. The maximum Gasteiger partial charge on any atom is 0.242 e. The van der Waals surface area contributed by atoms with E-state index in [0.29, 0.717) is 31.5 Å². The Hall–Kier alpha value is -2.34. The van der Waals surface area contributed by atoms with E-state index in [0.717, 1.165) is 18.6 Å². The second kappa shape index (κ2) is 11.9. The summed E-state index contributed by atoms with van der Waals surface area (Å²) in [6.07, 6.45) is 1.83. The second-order valence-corrected chi connectivity index (χ2v) is 11.1. The summed E-state index contributed by atoms with van der Waals surface area (Å²) in [6.45, 7) is 14.2. The molecule has 0 aliphatic carbocycles. The molecule has 2 amide bonds. The predicted octanol–water partition coefficient (Wildman–Crippen LogP) is 5.91. The Morgan fingerprint density at radius 2 is 1.82 bits per heavy atom. The number of benzene rings is 1. The summed E-state index contributed by atoms with van der Waals surface area (Å²) < 4.78 is 6.19. The van der Waals surface area contributed by atoms with Gasteiger partial charge in [0.25, 0.3) is 0 Å². The highest BCUT2D eigenvalue weighted by Gasteiger charge is 2.34. The molecule has 0 bridgehead atoms. The van der Waals surface area contributed by atoms with Crippen LogP contribution in [0.25, 0.3) is 0 Å². The van der Waals surface area contributed by atoms with Crippen molar-refractivity contribution in [1.82, 2.24) is 9.80 Å². The fourth-order valence-corrected chi connectivity index (χ4v) is 5.28. The van der Waals surface area contributed by atoms with Crippen molar-refractivity contribution in [2.75, 3.05) is 26.2 Å². The van der Waals surface area contributed by atoms with Gasteiger partial charge in [-0.05, 0) is 53.0 Å². The van der Waals surface area contributed by atoms with E-state index in [1.807, 2.05) is 30.9 Å². The highest BCUT2D eigenvalue weighted by Crippen LogP contribution is 2.34. The number of rotatable bonds is 10. The molecule has 1 aliphatic heterocycles. The van der Waals surface area contributed by atoms with E-state index in [1.54, 1.807) is 16.2 Å². The van der Waals surface area contributed by atoms with Gasteiger partial charge in [0.1, 0.15) is 12.4 Å². The van der Waals surface area contributed by atoms with Gasteiger partial charge in [-0.15, -0.1) is 11.3 Å². The van der Waals surface area contributed by atoms with Crippen LogP contribution in [0.15, 0.2) is 35.7 Å². The van der Waals surface area contributed by atoms with Crippen molar-refractivity contribution < 1.29 is 14.3 Å². The lowest BCUT2D eigenvalue weighted by atomic mass is 10.00. The molecule has 1 aliphatic rings. The van der Waals surface area contributed by atoms with Crippen LogP contribution >= 0.6 is 11.3 Å². The van der Waals surface area contributed by atoms with Gasteiger partial charge in [-0.2, -0.15) is 0 Å². The number of ether oxygens (including phenoxy) is 1. The Morgan fingerprint density at radius 1 is 1.12 bits per heavy atom. The van der Waals surface area contributed by atoms with E-state index in [-0.39, 0.29) is 30.3 Å². The van der Waals surface area contributed by atoms with Crippen LogP contribution in [0.3, 0.4) is 0 Å². The van der Waals surface area contributed by atoms with Crippen LogP contribution in [0.5, 0.6) is 5.75 Å². The van der Waals surface area contributed by atoms with E-state index in [4.69, 9.17) is 4.74 Å². The number of amides is 2. The summed E-state index contributed by atoms with van der Waals surface area (Å²) in [5.74, 6) is 1.55. The van der Waals surface area contributed by atoms with Crippen LogP contribution in [0, 0.1) is 11.8 Å². The summed E-state index contributed by atoms with van der Waals surface area (Å²) in [5, 5.41) is 2.10. The molecule has 0 N–H and O–H groups in total. The average Bonchev–Trinajstić information content (AvgIpc) is 3.30. The molecule has 1 aromatic heterocycles. The fraction of sp³-hybridized carbons (Fsp3) is 0.571. The Morgan fingerprint density at radius 3 is 2.44 bits per heavy atom. The van der Waals surface area contributed by atoms with Gasteiger partial charge in [-0.25, -0.2) is 0 Å². The van der Waals surface area contributed by atoms with Gasteiger partial charge < -0.3 is 14.5 Å². The highest BCUT2D eigenvalue weighted by molar-refractivity contribution is 7.10. The zero-order valence-electron chi connectivity index (χ0n) is 21.5. The number of thiophene rings is 1. The van der Waals surface area contributed by atoms with Crippen LogP contribution in [-0.4, -0.2) is 47.9 Å². The molecule has 2 atom stereocenters. The summed E-state index contributed by atoms with van der Waals surface area (Å²) >= 11 is 1.75. The Bertz CT molecular complexity index is 951. The van der Waals surface area contributed by atoms with Crippen molar-refractivity contribution >= 4 is 23.2 Å². The van der Waals surface area contributed by atoms with Gasteiger partial charge in [0.15, 0.2) is 0 Å². The zero-order chi connectivity index (χ0) is 24.8. The van der Waals surface area contributed by atoms with Crippen LogP contribution in [0.4, 0.5) is 0 Å². The smallest absolute Gasteiger partial charge is 0.242 e. The Labute approximate surface area is 209 Å². The average molecular weight is 485 g/mol. The monoisotopic (exact) mass is 484 g/mol. The topological polar surface area (TPSA) is 49.9 Å².